The van der Waals surface area contributed by atoms with Crippen LogP contribution >= 0.6 is 0 Å². The van der Waals surface area contributed by atoms with E-state index >= 15 is 0 Å². The van der Waals surface area contributed by atoms with E-state index < -0.39 is 28.4 Å². The van der Waals surface area contributed by atoms with Crippen LogP contribution in [-0.2, 0) is 14.6 Å². The highest BCUT2D eigenvalue weighted by Gasteiger charge is 2.30. The number of carbonyl (C=O) groups is 2. The van der Waals surface area contributed by atoms with Gasteiger partial charge in [0, 0.05) is 35.4 Å². The highest BCUT2D eigenvalue weighted by Crippen LogP contribution is 2.31. The van der Waals surface area contributed by atoms with Crippen molar-refractivity contribution in [2.24, 2.45) is 5.92 Å². The highest BCUT2D eigenvalue weighted by atomic mass is 32.2. The summed E-state index contributed by atoms with van der Waals surface area (Å²) >= 11 is 0. The Labute approximate surface area is 184 Å². The lowest BCUT2D eigenvalue weighted by molar-refractivity contribution is -0.117. The molecule has 31 heavy (non-hydrogen) atoms. The molecule has 1 aliphatic rings. The molecule has 0 saturated heterocycles. The number of pyridine rings is 1. The molecule has 0 spiro atoms. The Morgan fingerprint density at radius 1 is 1.26 bits per heavy atom. The summed E-state index contributed by atoms with van der Waals surface area (Å²) in [5.74, 6) is -1.45. The maximum Gasteiger partial charge on any atom is 0.273 e. The van der Waals surface area contributed by atoms with Crippen molar-refractivity contribution in [1.29, 1.82) is 0 Å². The molecular weight excluding hydrogens is 424 g/mol. The zero-order valence-corrected chi connectivity index (χ0v) is 17.9. The Morgan fingerprint density at radius 2 is 2.00 bits per heavy atom. The van der Waals surface area contributed by atoms with Gasteiger partial charge in [-0.3, -0.25) is 9.59 Å². The van der Waals surface area contributed by atoms with Crippen molar-refractivity contribution in [3.8, 4) is 5.75 Å². The zero-order valence-electron chi connectivity index (χ0n) is 20.1. The van der Waals surface area contributed by atoms with Gasteiger partial charge < -0.3 is 20.7 Å². The topological polar surface area (TPSA) is 152 Å². The number of anilines is 3. The molecule has 12 heteroatoms. The number of aromatic nitrogens is 3. The summed E-state index contributed by atoms with van der Waals surface area (Å²) in [7, 11) is -3.81. The van der Waals surface area contributed by atoms with Gasteiger partial charge in [0.05, 0.1) is 18.0 Å². The first-order valence-electron chi connectivity index (χ1n) is 10.9. The summed E-state index contributed by atoms with van der Waals surface area (Å²) in [5, 5.41) is 14.6. The van der Waals surface area contributed by atoms with Crippen LogP contribution in [0.1, 0.15) is 41.3 Å². The highest BCUT2D eigenvalue weighted by molar-refractivity contribution is 7.90. The van der Waals surface area contributed by atoms with Crippen molar-refractivity contribution in [3.63, 3.8) is 0 Å². The normalized spacial score (nSPS) is 15.4. The molecule has 0 bridgehead atoms. The Bertz CT molecular complexity index is 1220. The van der Waals surface area contributed by atoms with Gasteiger partial charge in [0.25, 0.3) is 5.91 Å². The van der Waals surface area contributed by atoms with Crippen molar-refractivity contribution in [1.82, 2.24) is 20.5 Å². The molecule has 2 heterocycles. The lowest BCUT2D eigenvalue weighted by Gasteiger charge is -2.15. The molecule has 3 rings (SSSR count). The maximum absolute atomic E-state index is 12.5. The summed E-state index contributed by atoms with van der Waals surface area (Å²) in [4.78, 5) is 28.5. The lowest BCUT2D eigenvalue weighted by Crippen LogP contribution is -2.23. The van der Waals surface area contributed by atoms with E-state index in [2.05, 4.69) is 25.8 Å². The minimum absolute atomic E-state index is 0.00880. The Balaban J connectivity index is 2.03. The van der Waals surface area contributed by atoms with Gasteiger partial charge in [0.15, 0.2) is 21.3 Å². The molecule has 1 saturated carbocycles. The smallest absolute Gasteiger partial charge is 0.273 e. The third-order valence-corrected chi connectivity index (χ3v) is 5.28. The molecule has 0 aromatic carbocycles. The first-order chi connectivity index (χ1) is 15.7. The molecule has 3 N–H and O–H groups in total. The van der Waals surface area contributed by atoms with Crippen molar-refractivity contribution in [2.75, 3.05) is 23.9 Å². The van der Waals surface area contributed by atoms with Crippen LogP contribution in [0, 0.1) is 5.92 Å². The second kappa shape index (κ2) is 8.84. The van der Waals surface area contributed by atoms with Gasteiger partial charge in [0.1, 0.15) is 16.5 Å². The summed E-state index contributed by atoms with van der Waals surface area (Å²) in [6.45, 7) is 0.727. The van der Waals surface area contributed by atoms with E-state index in [0.717, 1.165) is 19.1 Å². The standard InChI is InChI=1S/C19H24N6O5S/c1-10(2)30-12-7-14(31(4,28)29)17(21-9-12)22-13-8-15(23-18(26)11-5-6-11)24-25-16(13)19(27)20-3/h7-11H,5-6H2,1-4H3,(H,20,27)(H2,21,22,23,24,26)/i3D3. The second-order valence-corrected chi connectivity index (χ2v) is 9.28. The van der Waals surface area contributed by atoms with Gasteiger partial charge in [-0.2, -0.15) is 0 Å². The molecule has 1 fully saturated rings. The minimum Gasteiger partial charge on any atom is -0.489 e. The average molecular weight is 452 g/mol. The second-order valence-electron chi connectivity index (χ2n) is 7.29. The fourth-order valence-electron chi connectivity index (χ4n) is 2.62. The van der Waals surface area contributed by atoms with E-state index in [1.54, 1.807) is 19.2 Å². The largest absolute Gasteiger partial charge is 0.489 e. The number of carbonyl (C=O) groups excluding carboxylic acids is 2. The van der Waals surface area contributed by atoms with Gasteiger partial charge in [-0.1, -0.05) is 0 Å². The van der Waals surface area contributed by atoms with E-state index in [9.17, 15) is 18.0 Å². The number of nitrogens with zero attached hydrogens (tertiary/aromatic N) is 3. The molecule has 1 aliphatic carbocycles. The van der Waals surface area contributed by atoms with Gasteiger partial charge in [-0.05, 0) is 26.7 Å². The van der Waals surface area contributed by atoms with Gasteiger partial charge in [-0.15, -0.1) is 10.2 Å². The third-order valence-electron chi connectivity index (χ3n) is 4.17. The molecule has 0 aliphatic heterocycles. The van der Waals surface area contributed by atoms with E-state index in [-0.39, 0.29) is 45.9 Å². The Kier molecular flexibility index (Phi) is 5.27. The van der Waals surface area contributed by atoms with E-state index in [1.165, 1.54) is 18.3 Å². The van der Waals surface area contributed by atoms with Crippen LogP contribution < -0.4 is 20.7 Å². The molecule has 11 nitrogen and oxygen atoms in total. The molecule has 0 atom stereocenters. The monoisotopic (exact) mass is 451 g/mol. The molecule has 0 radical (unpaired) electrons. The van der Waals surface area contributed by atoms with Gasteiger partial charge >= 0.3 is 0 Å². The number of hydrogen-bond acceptors (Lipinski definition) is 9. The SMILES string of the molecule is [2H]C([2H])([2H])NC(=O)c1nnc(NC(=O)C2CC2)cc1Nc1ncc(OC(C)C)cc1S(C)(=O)=O. The number of sulfone groups is 1. The number of ether oxygens (including phenoxy) is 1. The molecular formula is C19H24N6O5S. The van der Waals surface area contributed by atoms with E-state index in [0.29, 0.717) is 0 Å². The first kappa shape index (κ1) is 18.5. The predicted octanol–water partition coefficient (Wildman–Crippen LogP) is 1.51. The van der Waals surface area contributed by atoms with Crippen LogP contribution in [-0.4, -0.2) is 54.7 Å². The fourth-order valence-corrected chi connectivity index (χ4v) is 3.40. The van der Waals surface area contributed by atoms with Crippen molar-refractivity contribution in [2.45, 2.75) is 37.7 Å². The summed E-state index contributed by atoms with van der Waals surface area (Å²) in [5.41, 5.74) is -0.554. The van der Waals surface area contributed by atoms with Crippen LogP contribution in [0.3, 0.4) is 0 Å². The van der Waals surface area contributed by atoms with E-state index in [4.69, 9.17) is 8.85 Å². The molecule has 2 amide bonds. The molecule has 166 valence electrons. The Morgan fingerprint density at radius 3 is 2.61 bits per heavy atom. The lowest BCUT2D eigenvalue weighted by atomic mass is 10.2. The molecule has 0 unspecified atom stereocenters. The third kappa shape index (κ3) is 5.66. The first-order valence-corrected chi connectivity index (χ1v) is 11.3. The van der Waals surface area contributed by atoms with Crippen LogP contribution in [0.4, 0.5) is 17.3 Å². The summed E-state index contributed by atoms with van der Waals surface area (Å²) < 4.78 is 52.1. The quantitative estimate of drug-likeness (QED) is 0.542. The number of hydrogen-bond donors (Lipinski definition) is 3. The summed E-state index contributed by atoms with van der Waals surface area (Å²) in [6.07, 6.45) is 3.53. The number of nitrogens with one attached hydrogen (secondary N) is 3. The average Bonchev–Trinajstić information content (AvgIpc) is 3.52. The zero-order chi connectivity index (χ0) is 25.3. The van der Waals surface area contributed by atoms with Crippen molar-refractivity contribution >= 4 is 39.0 Å². The van der Waals surface area contributed by atoms with Crippen molar-refractivity contribution < 1.29 is 26.9 Å². The van der Waals surface area contributed by atoms with Gasteiger partial charge in [0.2, 0.25) is 5.91 Å². The number of amides is 2. The van der Waals surface area contributed by atoms with E-state index in [1.807, 2.05) is 0 Å². The van der Waals surface area contributed by atoms with Crippen molar-refractivity contribution in [3.05, 3.63) is 24.0 Å². The minimum atomic E-state index is -3.81. The van der Waals surface area contributed by atoms with Crippen LogP contribution in [0.2, 0.25) is 0 Å². The van der Waals surface area contributed by atoms with Gasteiger partial charge in [-0.25, -0.2) is 13.4 Å². The molecule has 2 aromatic rings. The van der Waals surface area contributed by atoms with Crippen LogP contribution in [0.5, 0.6) is 5.75 Å². The molecule has 2 aromatic heterocycles. The fraction of sp³-hybridized carbons (Fsp3) is 0.421. The van der Waals surface area contributed by atoms with Crippen LogP contribution in [0.25, 0.3) is 0 Å². The number of rotatable bonds is 8. The Hall–Kier alpha value is -3.28. The summed E-state index contributed by atoms with van der Waals surface area (Å²) in [6, 6.07) is 2.52. The predicted molar refractivity (Wildman–Crippen MR) is 113 cm³/mol. The van der Waals surface area contributed by atoms with Crippen LogP contribution in [0.15, 0.2) is 23.2 Å². The maximum atomic E-state index is 12.5.